The number of nitrogens with zero attached hydrogens (tertiary/aromatic N) is 1. The molecule has 1 N–H and O–H groups in total. The SMILES string of the molecule is CCc1ccccc1NC(=O)CN(C)C(=O)C(C)SCc1ccccc1. The molecule has 5 heteroatoms. The van der Waals surface area contributed by atoms with E-state index < -0.39 is 0 Å². The van der Waals surface area contributed by atoms with E-state index >= 15 is 0 Å². The number of carbonyl (C=O) groups excluding carboxylic acids is 2. The van der Waals surface area contributed by atoms with Gasteiger partial charge in [0.05, 0.1) is 11.8 Å². The molecule has 0 spiro atoms. The van der Waals surface area contributed by atoms with Crippen LogP contribution in [0.5, 0.6) is 0 Å². The molecule has 0 bridgehead atoms. The molecule has 0 aliphatic carbocycles. The number of anilines is 1. The third-order valence-electron chi connectivity index (χ3n) is 4.12. The zero-order chi connectivity index (χ0) is 18.9. The molecule has 0 saturated carbocycles. The van der Waals surface area contributed by atoms with E-state index in [0.717, 1.165) is 23.4 Å². The molecule has 2 aromatic carbocycles. The zero-order valence-corrected chi connectivity index (χ0v) is 16.4. The van der Waals surface area contributed by atoms with Crippen LogP contribution in [-0.4, -0.2) is 35.6 Å². The van der Waals surface area contributed by atoms with Crippen LogP contribution in [-0.2, 0) is 21.8 Å². The van der Waals surface area contributed by atoms with Crippen LogP contribution in [0.15, 0.2) is 54.6 Å². The second-order valence-electron chi connectivity index (χ2n) is 6.19. The molecular formula is C21H26N2O2S. The minimum Gasteiger partial charge on any atom is -0.335 e. The molecule has 1 atom stereocenters. The van der Waals surface area contributed by atoms with E-state index in [9.17, 15) is 9.59 Å². The molecule has 26 heavy (non-hydrogen) atoms. The van der Waals surface area contributed by atoms with Gasteiger partial charge in [-0.15, -0.1) is 11.8 Å². The zero-order valence-electron chi connectivity index (χ0n) is 15.6. The molecule has 2 aromatic rings. The van der Waals surface area contributed by atoms with Gasteiger partial charge in [0.15, 0.2) is 0 Å². The third-order valence-corrected chi connectivity index (χ3v) is 5.32. The standard InChI is InChI=1S/C21H26N2O2S/c1-4-18-12-8-9-13-19(18)22-20(24)14-23(3)21(25)16(2)26-15-17-10-6-5-7-11-17/h5-13,16H,4,14-15H2,1-3H3,(H,22,24). The number of amides is 2. The lowest BCUT2D eigenvalue weighted by Gasteiger charge is -2.21. The fourth-order valence-corrected chi connectivity index (χ4v) is 3.57. The second kappa shape index (κ2) is 10.0. The van der Waals surface area contributed by atoms with Gasteiger partial charge in [0.2, 0.25) is 11.8 Å². The second-order valence-corrected chi connectivity index (χ2v) is 7.52. The van der Waals surface area contributed by atoms with Gasteiger partial charge in [-0.2, -0.15) is 0 Å². The van der Waals surface area contributed by atoms with Gasteiger partial charge in [-0.1, -0.05) is 55.5 Å². The fraction of sp³-hybridized carbons (Fsp3) is 0.333. The number of carbonyl (C=O) groups is 2. The summed E-state index contributed by atoms with van der Waals surface area (Å²) in [6, 6.07) is 17.8. The van der Waals surface area contributed by atoms with Crippen molar-refractivity contribution in [2.24, 2.45) is 0 Å². The Morgan fingerprint density at radius 1 is 1.08 bits per heavy atom. The van der Waals surface area contributed by atoms with Crippen molar-refractivity contribution in [1.29, 1.82) is 0 Å². The van der Waals surface area contributed by atoms with Crippen LogP contribution in [0.4, 0.5) is 5.69 Å². The largest absolute Gasteiger partial charge is 0.335 e. The molecule has 0 heterocycles. The lowest BCUT2D eigenvalue weighted by Crippen LogP contribution is -2.39. The molecule has 2 amide bonds. The first-order valence-electron chi connectivity index (χ1n) is 8.79. The Morgan fingerprint density at radius 3 is 2.42 bits per heavy atom. The predicted molar refractivity (Wildman–Crippen MR) is 109 cm³/mol. The topological polar surface area (TPSA) is 49.4 Å². The van der Waals surface area contributed by atoms with Gasteiger partial charge in [-0.25, -0.2) is 0 Å². The first kappa shape index (κ1) is 20.0. The lowest BCUT2D eigenvalue weighted by atomic mass is 10.1. The summed E-state index contributed by atoms with van der Waals surface area (Å²) in [5.41, 5.74) is 3.09. The number of benzene rings is 2. The monoisotopic (exact) mass is 370 g/mol. The number of aryl methyl sites for hydroxylation is 1. The summed E-state index contributed by atoms with van der Waals surface area (Å²) in [5, 5.41) is 2.71. The van der Waals surface area contributed by atoms with Crippen molar-refractivity contribution < 1.29 is 9.59 Å². The average molecular weight is 371 g/mol. The number of para-hydroxylation sites is 1. The van der Waals surface area contributed by atoms with Crippen molar-refractivity contribution in [2.45, 2.75) is 31.3 Å². The van der Waals surface area contributed by atoms with Crippen LogP contribution in [0.3, 0.4) is 0 Å². The van der Waals surface area contributed by atoms with Crippen LogP contribution in [0.1, 0.15) is 25.0 Å². The molecule has 0 aromatic heterocycles. The van der Waals surface area contributed by atoms with Gasteiger partial charge in [-0.05, 0) is 30.5 Å². The molecule has 0 fully saturated rings. The highest BCUT2D eigenvalue weighted by atomic mass is 32.2. The lowest BCUT2D eigenvalue weighted by molar-refractivity contribution is -0.132. The van der Waals surface area contributed by atoms with Crippen LogP contribution >= 0.6 is 11.8 Å². The summed E-state index contributed by atoms with van der Waals surface area (Å²) in [5.74, 6) is 0.560. The molecule has 1 unspecified atom stereocenters. The molecule has 4 nitrogen and oxygen atoms in total. The maximum absolute atomic E-state index is 12.5. The van der Waals surface area contributed by atoms with Gasteiger partial charge in [0, 0.05) is 18.5 Å². The third kappa shape index (κ3) is 5.92. The van der Waals surface area contributed by atoms with Crippen molar-refractivity contribution in [3.63, 3.8) is 0 Å². The highest BCUT2D eigenvalue weighted by molar-refractivity contribution is 7.99. The molecule has 2 rings (SSSR count). The minimum atomic E-state index is -0.198. The van der Waals surface area contributed by atoms with Crippen molar-refractivity contribution in [1.82, 2.24) is 4.90 Å². The molecule has 138 valence electrons. The maximum Gasteiger partial charge on any atom is 0.243 e. The summed E-state index contributed by atoms with van der Waals surface area (Å²) in [7, 11) is 1.67. The number of likely N-dealkylation sites (N-methyl/N-ethyl adjacent to an activating group) is 1. The summed E-state index contributed by atoms with van der Waals surface area (Å²) in [4.78, 5) is 26.3. The summed E-state index contributed by atoms with van der Waals surface area (Å²) >= 11 is 1.58. The van der Waals surface area contributed by atoms with Crippen LogP contribution in [0.25, 0.3) is 0 Å². The Kier molecular flexibility index (Phi) is 7.73. The summed E-state index contributed by atoms with van der Waals surface area (Å²) in [6.07, 6.45) is 0.846. The van der Waals surface area contributed by atoms with E-state index in [4.69, 9.17) is 0 Å². The van der Waals surface area contributed by atoms with E-state index in [2.05, 4.69) is 5.32 Å². The molecule has 0 saturated heterocycles. The molecule has 0 aliphatic rings. The Balaban J connectivity index is 1.84. The number of thioether (sulfide) groups is 1. The molecular weight excluding hydrogens is 344 g/mol. The highest BCUT2D eigenvalue weighted by Crippen LogP contribution is 2.19. The van der Waals surface area contributed by atoms with Gasteiger partial charge >= 0.3 is 0 Å². The van der Waals surface area contributed by atoms with E-state index in [1.54, 1.807) is 18.8 Å². The Labute approximate surface area is 160 Å². The fourth-order valence-electron chi connectivity index (χ4n) is 2.61. The van der Waals surface area contributed by atoms with Crippen molar-refractivity contribution in [3.8, 4) is 0 Å². The minimum absolute atomic E-state index is 0.0372. The van der Waals surface area contributed by atoms with E-state index in [1.165, 1.54) is 10.5 Å². The Hall–Kier alpha value is -2.27. The number of hydrogen-bond acceptors (Lipinski definition) is 3. The maximum atomic E-state index is 12.5. The number of hydrogen-bond donors (Lipinski definition) is 1. The van der Waals surface area contributed by atoms with Gasteiger partial charge in [-0.3, -0.25) is 9.59 Å². The molecule has 0 radical (unpaired) electrons. The number of rotatable bonds is 8. The van der Waals surface area contributed by atoms with Crippen molar-refractivity contribution in [2.75, 3.05) is 18.9 Å². The quantitative estimate of drug-likeness (QED) is 0.765. The van der Waals surface area contributed by atoms with Crippen molar-refractivity contribution >= 4 is 29.3 Å². The summed E-state index contributed by atoms with van der Waals surface area (Å²) < 4.78 is 0. The first-order chi connectivity index (χ1) is 12.5. The van der Waals surface area contributed by atoms with Gasteiger partial charge < -0.3 is 10.2 Å². The Bertz CT molecular complexity index is 734. The van der Waals surface area contributed by atoms with Crippen LogP contribution < -0.4 is 5.32 Å². The van der Waals surface area contributed by atoms with Crippen molar-refractivity contribution in [3.05, 3.63) is 65.7 Å². The van der Waals surface area contributed by atoms with Crippen LogP contribution in [0.2, 0.25) is 0 Å². The smallest absolute Gasteiger partial charge is 0.243 e. The van der Waals surface area contributed by atoms with E-state index in [0.29, 0.717) is 0 Å². The summed E-state index contributed by atoms with van der Waals surface area (Å²) in [6.45, 7) is 3.98. The average Bonchev–Trinajstić information content (AvgIpc) is 2.66. The molecule has 0 aliphatic heterocycles. The first-order valence-corrected chi connectivity index (χ1v) is 9.84. The van der Waals surface area contributed by atoms with Crippen LogP contribution in [0, 0.1) is 0 Å². The van der Waals surface area contributed by atoms with E-state index in [-0.39, 0.29) is 23.6 Å². The number of nitrogens with one attached hydrogen (secondary N) is 1. The Morgan fingerprint density at radius 2 is 1.73 bits per heavy atom. The predicted octanol–water partition coefficient (Wildman–Crippen LogP) is 3.97. The van der Waals surface area contributed by atoms with E-state index in [1.807, 2.05) is 68.4 Å². The van der Waals surface area contributed by atoms with Gasteiger partial charge in [0.25, 0.3) is 0 Å². The highest BCUT2D eigenvalue weighted by Gasteiger charge is 2.20. The normalized spacial score (nSPS) is 11.7. The van der Waals surface area contributed by atoms with Gasteiger partial charge in [0.1, 0.15) is 0 Å².